The van der Waals surface area contributed by atoms with Gasteiger partial charge in [-0.25, -0.2) is 0 Å². The normalized spacial score (nSPS) is 15.4. The highest BCUT2D eigenvalue weighted by Crippen LogP contribution is 2.42. The molecule has 2 heterocycles. The minimum atomic E-state index is -0.165. The number of hydrogen-bond acceptors (Lipinski definition) is 4. The molecule has 4 rings (SSSR count). The standard InChI is InChI=1S/C22H19ClN2O2S2/c23-16-9-7-15(8-10-16)12-24-20(26)14-29-22-19-6-2-1-5-18(19)21(27)25(22)13-17-4-3-11-28-17/h1-11,22H,12-14H2,(H,24,26). The molecule has 7 heteroatoms. The van der Waals surface area contributed by atoms with Crippen LogP contribution in [0, 0.1) is 0 Å². The Hall–Kier alpha value is -2.28. The van der Waals surface area contributed by atoms with Gasteiger partial charge in [0.15, 0.2) is 0 Å². The van der Waals surface area contributed by atoms with Crippen LogP contribution in [0.3, 0.4) is 0 Å². The lowest BCUT2D eigenvalue weighted by molar-refractivity contribution is -0.118. The van der Waals surface area contributed by atoms with E-state index in [1.165, 1.54) is 11.8 Å². The number of thiophene rings is 1. The van der Waals surface area contributed by atoms with E-state index in [-0.39, 0.29) is 22.9 Å². The first-order valence-electron chi connectivity index (χ1n) is 9.17. The van der Waals surface area contributed by atoms with Gasteiger partial charge >= 0.3 is 0 Å². The third-order valence-corrected chi connectivity index (χ3v) is 7.05. The van der Waals surface area contributed by atoms with Gasteiger partial charge < -0.3 is 10.2 Å². The Balaban J connectivity index is 1.41. The summed E-state index contributed by atoms with van der Waals surface area (Å²) < 4.78 is 0. The van der Waals surface area contributed by atoms with Crippen LogP contribution in [0.5, 0.6) is 0 Å². The van der Waals surface area contributed by atoms with E-state index < -0.39 is 0 Å². The summed E-state index contributed by atoms with van der Waals surface area (Å²) in [5.41, 5.74) is 2.70. The van der Waals surface area contributed by atoms with E-state index in [9.17, 15) is 9.59 Å². The fraction of sp³-hybridized carbons (Fsp3) is 0.182. The van der Waals surface area contributed by atoms with Gasteiger partial charge in [-0.1, -0.05) is 48.0 Å². The van der Waals surface area contributed by atoms with E-state index in [1.54, 1.807) is 23.5 Å². The number of nitrogens with zero attached hydrogens (tertiary/aromatic N) is 1. The fourth-order valence-electron chi connectivity index (χ4n) is 3.25. The Morgan fingerprint density at radius 3 is 2.66 bits per heavy atom. The topological polar surface area (TPSA) is 49.4 Å². The van der Waals surface area contributed by atoms with Crippen molar-refractivity contribution in [3.63, 3.8) is 0 Å². The van der Waals surface area contributed by atoms with Crippen molar-refractivity contribution < 1.29 is 9.59 Å². The maximum absolute atomic E-state index is 12.9. The molecule has 4 nitrogen and oxygen atoms in total. The van der Waals surface area contributed by atoms with Crippen LogP contribution in [-0.4, -0.2) is 22.5 Å². The second kappa shape index (κ2) is 9.03. The van der Waals surface area contributed by atoms with Gasteiger partial charge in [0.2, 0.25) is 5.91 Å². The Kier molecular flexibility index (Phi) is 6.23. The molecule has 0 radical (unpaired) electrons. The van der Waals surface area contributed by atoms with Crippen LogP contribution in [0.4, 0.5) is 0 Å². The monoisotopic (exact) mass is 442 g/mol. The third-order valence-electron chi connectivity index (χ3n) is 4.68. The van der Waals surface area contributed by atoms with E-state index in [0.29, 0.717) is 18.1 Å². The summed E-state index contributed by atoms with van der Waals surface area (Å²) >= 11 is 9.01. The zero-order valence-electron chi connectivity index (χ0n) is 15.5. The molecule has 0 saturated heterocycles. The molecule has 0 fully saturated rings. The number of carbonyl (C=O) groups excluding carboxylic acids is 2. The molecule has 0 saturated carbocycles. The fourth-order valence-corrected chi connectivity index (χ4v) is 5.22. The van der Waals surface area contributed by atoms with E-state index in [2.05, 4.69) is 5.32 Å². The van der Waals surface area contributed by atoms with Crippen molar-refractivity contribution in [2.45, 2.75) is 18.5 Å². The van der Waals surface area contributed by atoms with Crippen LogP contribution in [-0.2, 0) is 17.9 Å². The maximum Gasteiger partial charge on any atom is 0.255 e. The van der Waals surface area contributed by atoms with Crippen LogP contribution in [0.2, 0.25) is 5.02 Å². The van der Waals surface area contributed by atoms with Crippen molar-refractivity contribution in [1.82, 2.24) is 10.2 Å². The Bertz CT molecular complexity index is 1010. The second-order valence-corrected chi connectivity index (χ2v) is 9.20. The number of amides is 2. The average molecular weight is 443 g/mol. The molecule has 1 aromatic heterocycles. The van der Waals surface area contributed by atoms with Crippen molar-refractivity contribution in [3.05, 3.63) is 92.6 Å². The quantitative estimate of drug-likeness (QED) is 0.553. The summed E-state index contributed by atoms with van der Waals surface area (Å²) in [5.74, 6) is 0.242. The van der Waals surface area contributed by atoms with E-state index in [1.807, 2.05) is 58.8 Å². The van der Waals surface area contributed by atoms with Crippen LogP contribution in [0.25, 0.3) is 0 Å². The first-order chi connectivity index (χ1) is 14.1. The zero-order valence-corrected chi connectivity index (χ0v) is 17.9. The summed E-state index contributed by atoms with van der Waals surface area (Å²) in [5, 5.41) is 5.45. The second-order valence-electron chi connectivity index (χ2n) is 6.67. The number of carbonyl (C=O) groups is 2. The minimum absolute atomic E-state index is 0.0214. The number of nitrogens with one attached hydrogen (secondary N) is 1. The third kappa shape index (κ3) is 4.66. The molecule has 29 heavy (non-hydrogen) atoms. The van der Waals surface area contributed by atoms with E-state index >= 15 is 0 Å². The summed E-state index contributed by atoms with van der Waals surface area (Å²) in [6.45, 7) is 1.00. The van der Waals surface area contributed by atoms with Crippen molar-refractivity contribution in [1.29, 1.82) is 0 Å². The Labute approximate surface area is 182 Å². The molecule has 2 amide bonds. The highest BCUT2D eigenvalue weighted by atomic mass is 35.5. The molecule has 1 unspecified atom stereocenters. The molecule has 1 N–H and O–H groups in total. The number of halogens is 1. The molecule has 1 atom stereocenters. The lowest BCUT2D eigenvalue weighted by Crippen LogP contribution is -2.28. The van der Waals surface area contributed by atoms with Crippen molar-refractivity contribution in [2.24, 2.45) is 0 Å². The molecule has 3 aromatic rings. The Morgan fingerprint density at radius 1 is 1.10 bits per heavy atom. The van der Waals surface area contributed by atoms with Gasteiger partial charge in [0.1, 0.15) is 5.37 Å². The number of hydrogen-bond donors (Lipinski definition) is 1. The van der Waals surface area contributed by atoms with Crippen LogP contribution in [0.15, 0.2) is 66.0 Å². The zero-order chi connectivity index (χ0) is 20.2. The lowest BCUT2D eigenvalue weighted by Gasteiger charge is -2.24. The number of rotatable bonds is 7. The molecule has 2 aromatic carbocycles. The van der Waals surface area contributed by atoms with Crippen LogP contribution >= 0.6 is 34.7 Å². The first-order valence-corrected chi connectivity index (χ1v) is 11.5. The van der Waals surface area contributed by atoms with Gasteiger partial charge in [-0.15, -0.1) is 23.1 Å². The van der Waals surface area contributed by atoms with E-state index in [4.69, 9.17) is 11.6 Å². The highest BCUT2D eigenvalue weighted by molar-refractivity contribution is 8.00. The van der Waals surface area contributed by atoms with Gasteiger partial charge in [-0.3, -0.25) is 9.59 Å². The van der Waals surface area contributed by atoms with Crippen molar-refractivity contribution in [3.8, 4) is 0 Å². The lowest BCUT2D eigenvalue weighted by atomic mass is 10.1. The molecule has 0 bridgehead atoms. The summed E-state index contributed by atoms with van der Waals surface area (Å²) in [6.07, 6.45) is 0. The molecule has 0 spiro atoms. The molecular formula is C22H19ClN2O2S2. The maximum atomic E-state index is 12.9. The minimum Gasteiger partial charge on any atom is -0.351 e. The first kappa shape index (κ1) is 20.0. The van der Waals surface area contributed by atoms with Gasteiger partial charge in [0.25, 0.3) is 5.91 Å². The van der Waals surface area contributed by atoms with Gasteiger partial charge in [-0.05, 0) is 40.8 Å². The van der Waals surface area contributed by atoms with Crippen LogP contribution < -0.4 is 5.32 Å². The SMILES string of the molecule is O=C(CSC1c2ccccc2C(=O)N1Cc1cccs1)NCc1ccc(Cl)cc1. The number of benzene rings is 2. The summed E-state index contributed by atoms with van der Waals surface area (Å²) in [4.78, 5) is 28.3. The average Bonchev–Trinajstić information content (AvgIpc) is 3.34. The molecular weight excluding hydrogens is 424 g/mol. The van der Waals surface area contributed by atoms with E-state index in [0.717, 1.165) is 21.6 Å². The van der Waals surface area contributed by atoms with Gasteiger partial charge in [-0.2, -0.15) is 0 Å². The highest BCUT2D eigenvalue weighted by Gasteiger charge is 2.37. The van der Waals surface area contributed by atoms with Gasteiger partial charge in [0.05, 0.1) is 12.3 Å². The summed E-state index contributed by atoms with van der Waals surface area (Å²) in [7, 11) is 0. The predicted molar refractivity (Wildman–Crippen MR) is 119 cm³/mol. The van der Waals surface area contributed by atoms with Crippen molar-refractivity contribution in [2.75, 3.05) is 5.75 Å². The van der Waals surface area contributed by atoms with Crippen molar-refractivity contribution >= 4 is 46.5 Å². The van der Waals surface area contributed by atoms with Gasteiger partial charge in [0, 0.05) is 22.0 Å². The smallest absolute Gasteiger partial charge is 0.255 e. The molecule has 148 valence electrons. The molecule has 1 aliphatic heterocycles. The predicted octanol–water partition coefficient (Wildman–Crippen LogP) is 5.11. The Morgan fingerprint density at radius 2 is 1.90 bits per heavy atom. The largest absolute Gasteiger partial charge is 0.351 e. The summed E-state index contributed by atoms with van der Waals surface area (Å²) in [6, 6.07) is 19.1. The molecule has 0 aliphatic carbocycles. The van der Waals surface area contributed by atoms with Crippen LogP contribution in [0.1, 0.15) is 31.7 Å². The number of fused-ring (bicyclic) bond motifs is 1. The number of thioether (sulfide) groups is 1. The molecule has 1 aliphatic rings.